The van der Waals surface area contributed by atoms with Crippen molar-refractivity contribution in [2.45, 2.75) is 20.8 Å². The molecule has 94 valence electrons. The number of H-pyrrole nitrogens is 2. The number of aromatic nitrogens is 4. The van der Waals surface area contributed by atoms with E-state index >= 15 is 0 Å². The van der Waals surface area contributed by atoms with Gasteiger partial charge in [-0.05, 0) is 26.3 Å². The van der Waals surface area contributed by atoms with E-state index in [9.17, 15) is 9.59 Å². The summed E-state index contributed by atoms with van der Waals surface area (Å²) in [6.45, 7) is 5.22. The molecule has 0 spiro atoms. The first-order chi connectivity index (χ1) is 8.49. The third-order valence-corrected chi connectivity index (χ3v) is 2.64. The van der Waals surface area contributed by atoms with E-state index in [0.29, 0.717) is 17.1 Å². The summed E-state index contributed by atoms with van der Waals surface area (Å²) >= 11 is 0. The Morgan fingerprint density at radius 2 is 1.94 bits per heavy atom. The van der Waals surface area contributed by atoms with Crippen molar-refractivity contribution < 1.29 is 4.79 Å². The zero-order valence-electron chi connectivity index (χ0n) is 10.3. The molecular formula is C11H13N5O2. The number of rotatable bonds is 2. The normalized spacial score (nSPS) is 10.4. The highest BCUT2D eigenvalue weighted by Gasteiger charge is 2.16. The molecule has 0 bridgehead atoms. The number of aromatic amines is 2. The van der Waals surface area contributed by atoms with Crippen molar-refractivity contribution >= 4 is 11.7 Å². The second kappa shape index (κ2) is 4.44. The van der Waals surface area contributed by atoms with Crippen LogP contribution in [0.2, 0.25) is 0 Å². The van der Waals surface area contributed by atoms with E-state index in [1.54, 1.807) is 19.9 Å². The molecule has 2 aromatic heterocycles. The summed E-state index contributed by atoms with van der Waals surface area (Å²) in [5, 5.41) is 15.2. The van der Waals surface area contributed by atoms with Gasteiger partial charge in [0, 0.05) is 11.8 Å². The zero-order valence-corrected chi connectivity index (χ0v) is 10.3. The Hall–Kier alpha value is -2.44. The fraction of sp³-hybridized carbons (Fsp3) is 0.273. The number of anilines is 1. The smallest absolute Gasteiger partial charge is 0.277 e. The molecule has 0 aromatic carbocycles. The molecule has 0 atom stereocenters. The minimum absolute atomic E-state index is 0.0585. The van der Waals surface area contributed by atoms with Crippen LogP contribution in [0.4, 0.5) is 5.82 Å². The van der Waals surface area contributed by atoms with Crippen LogP contribution in [0.1, 0.15) is 27.3 Å². The summed E-state index contributed by atoms with van der Waals surface area (Å²) in [5.41, 5.74) is 1.54. The molecule has 0 aliphatic carbocycles. The average Bonchev–Trinajstić information content (AvgIpc) is 2.70. The number of hydrogen-bond acceptors (Lipinski definition) is 4. The summed E-state index contributed by atoms with van der Waals surface area (Å²) in [4.78, 5) is 23.6. The van der Waals surface area contributed by atoms with Gasteiger partial charge in [0.05, 0.1) is 5.69 Å². The van der Waals surface area contributed by atoms with Crippen LogP contribution in [0.5, 0.6) is 0 Å². The number of nitrogens with zero attached hydrogens (tertiary/aromatic N) is 2. The number of carbonyl (C=O) groups is 1. The van der Waals surface area contributed by atoms with E-state index in [1.807, 2.05) is 6.92 Å². The molecule has 0 fully saturated rings. The molecule has 2 rings (SSSR count). The fourth-order valence-electron chi connectivity index (χ4n) is 1.56. The molecule has 0 radical (unpaired) electrons. The molecule has 0 unspecified atom stereocenters. The van der Waals surface area contributed by atoms with Crippen LogP contribution in [0.25, 0.3) is 0 Å². The number of hydrogen-bond donors (Lipinski definition) is 3. The van der Waals surface area contributed by atoms with E-state index < -0.39 is 11.5 Å². The molecule has 2 aromatic rings. The Balaban J connectivity index is 2.35. The van der Waals surface area contributed by atoms with Crippen LogP contribution in [-0.2, 0) is 0 Å². The van der Waals surface area contributed by atoms with Crippen molar-refractivity contribution in [3.63, 3.8) is 0 Å². The molecule has 0 aliphatic rings. The third-order valence-electron chi connectivity index (χ3n) is 2.64. The highest BCUT2D eigenvalue weighted by Crippen LogP contribution is 2.09. The van der Waals surface area contributed by atoms with Gasteiger partial charge in [-0.15, -0.1) is 0 Å². The molecule has 3 N–H and O–H groups in total. The highest BCUT2D eigenvalue weighted by atomic mass is 16.2. The first kappa shape index (κ1) is 12.0. The molecule has 2 heterocycles. The van der Waals surface area contributed by atoms with Crippen LogP contribution >= 0.6 is 0 Å². The van der Waals surface area contributed by atoms with Crippen molar-refractivity contribution in [1.82, 2.24) is 20.4 Å². The molecule has 0 aliphatic heterocycles. The topological polar surface area (TPSA) is 104 Å². The van der Waals surface area contributed by atoms with Gasteiger partial charge in [-0.3, -0.25) is 14.7 Å². The fourth-order valence-corrected chi connectivity index (χ4v) is 1.56. The lowest BCUT2D eigenvalue weighted by Crippen LogP contribution is -2.26. The largest absolute Gasteiger partial charge is 0.305 e. The third kappa shape index (κ3) is 2.15. The number of nitrogens with one attached hydrogen (secondary N) is 3. The van der Waals surface area contributed by atoms with Gasteiger partial charge in [0.2, 0.25) is 0 Å². The first-order valence-electron chi connectivity index (χ1n) is 5.38. The number of carbonyl (C=O) groups excluding carboxylic acids is 1. The Kier molecular flexibility index (Phi) is 2.97. The quantitative estimate of drug-likeness (QED) is 0.725. The summed E-state index contributed by atoms with van der Waals surface area (Å²) in [6.07, 6.45) is 0. The maximum Gasteiger partial charge on any atom is 0.277 e. The SMILES string of the molecule is Cc1cc(NC(=O)c2c(C)c(C)n[nH]c2=O)n[nH]1. The van der Waals surface area contributed by atoms with Gasteiger partial charge in [-0.1, -0.05) is 0 Å². The summed E-state index contributed by atoms with van der Waals surface area (Å²) in [6, 6.07) is 1.68. The molecule has 0 saturated heterocycles. The van der Waals surface area contributed by atoms with Gasteiger partial charge in [0.1, 0.15) is 5.56 Å². The van der Waals surface area contributed by atoms with Crippen molar-refractivity contribution in [2.75, 3.05) is 5.32 Å². The predicted octanol–water partition coefficient (Wildman–Crippen LogP) is 0.671. The molecule has 0 saturated carbocycles. The maximum absolute atomic E-state index is 12.0. The predicted molar refractivity (Wildman–Crippen MR) is 65.6 cm³/mol. The van der Waals surface area contributed by atoms with Gasteiger partial charge >= 0.3 is 0 Å². The van der Waals surface area contributed by atoms with Crippen LogP contribution in [0, 0.1) is 20.8 Å². The zero-order chi connectivity index (χ0) is 13.3. The average molecular weight is 247 g/mol. The number of aryl methyl sites for hydroxylation is 2. The lowest BCUT2D eigenvalue weighted by molar-refractivity contribution is 0.102. The van der Waals surface area contributed by atoms with Crippen LogP contribution < -0.4 is 10.9 Å². The van der Waals surface area contributed by atoms with Crippen LogP contribution in [0.15, 0.2) is 10.9 Å². The Morgan fingerprint density at radius 1 is 1.22 bits per heavy atom. The maximum atomic E-state index is 12.0. The van der Waals surface area contributed by atoms with E-state index in [2.05, 4.69) is 25.7 Å². The monoisotopic (exact) mass is 247 g/mol. The molecule has 7 heteroatoms. The van der Waals surface area contributed by atoms with E-state index in [0.717, 1.165) is 5.69 Å². The summed E-state index contributed by atoms with van der Waals surface area (Å²) in [7, 11) is 0. The van der Waals surface area contributed by atoms with Gasteiger partial charge < -0.3 is 5.32 Å². The van der Waals surface area contributed by atoms with Gasteiger partial charge in [0.25, 0.3) is 11.5 Å². The minimum atomic E-state index is -0.511. The Morgan fingerprint density at radius 3 is 2.56 bits per heavy atom. The summed E-state index contributed by atoms with van der Waals surface area (Å²) < 4.78 is 0. The van der Waals surface area contributed by atoms with Crippen LogP contribution in [-0.4, -0.2) is 26.3 Å². The van der Waals surface area contributed by atoms with Crippen molar-refractivity contribution in [1.29, 1.82) is 0 Å². The lowest BCUT2D eigenvalue weighted by atomic mass is 10.1. The molecular weight excluding hydrogens is 234 g/mol. The van der Waals surface area contributed by atoms with E-state index in [-0.39, 0.29) is 5.56 Å². The standard InChI is InChI=1S/C11H13N5O2/c1-5-4-8(15-13-5)12-10(17)9-6(2)7(3)14-16-11(9)18/h4H,1-3H3,(H,16,18)(H2,12,13,15,17). The lowest BCUT2D eigenvalue weighted by Gasteiger charge is -2.05. The van der Waals surface area contributed by atoms with Crippen molar-refractivity contribution in [3.05, 3.63) is 38.9 Å². The minimum Gasteiger partial charge on any atom is -0.305 e. The van der Waals surface area contributed by atoms with Gasteiger partial charge in [-0.25, -0.2) is 5.10 Å². The van der Waals surface area contributed by atoms with Crippen molar-refractivity contribution in [3.8, 4) is 0 Å². The van der Waals surface area contributed by atoms with Gasteiger partial charge in [-0.2, -0.15) is 10.2 Å². The second-order valence-electron chi connectivity index (χ2n) is 4.03. The summed E-state index contributed by atoms with van der Waals surface area (Å²) in [5.74, 6) is -0.114. The van der Waals surface area contributed by atoms with E-state index in [1.165, 1.54) is 0 Å². The van der Waals surface area contributed by atoms with Crippen LogP contribution in [0.3, 0.4) is 0 Å². The van der Waals surface area contributed by atoms with Crippen molar-refractivity contribution in [2.24, 2.45) is 0 Å². The van der Waals surface area contributed by atoms with Gasteiger partial charge in [0.15, 0.2) is 5.82 Å². The number of amides is 1. The Bertz CT molecular complexity index is 656. The molecule has 18 heavy (non-hydrogen) atoms. The first-order valence-corrected chi connectivity index (χ1v) is 5.38. The molecule has 1 amide bonds. The van der Waals surface area contributed by atoms with E-state index in [4.69, 9.17) is 0 Å². The Labute approximate surface area is 103 Å². The second-order valence-corrected chi connectivity index (χ2v) is 4.03. The highest BCUT2D eigenvalue weighted by molar-refractivity contribution is 6.04. The molecule has 7 nitrogen and oxygen atoms in total.